The average Bonchev–Trinajstić information content (AvgIpc) is 2.96. The van der Waals surface area contributed by atoms with Gasteiger partial charge in [-0.25, -0.2) is 9.97 Å². The molecule has 2 aromatic heterocycles. The van der Waals surface area contributed by atoms with E-state index in [1.54, 1.807) is 6.20 Å². The van der Waals surface area contributed by atoms with E-state index in [1.165, 1.54) is 0 Å². The number of piperidine rings is 1. The zero-order valence-corrected chi connectivity index (χ0v) is 14.4. The third kappa shape index (κ3) is 2.59. The van der Waals surface area contributed by atoms with Gasteiger partial charge in [-0.2, -0.15) is 0 Å². The van der Waals surface area contributed by atoms with Crippen LogP contribution in [-0.4, -0.2) is 32.5 Å². The molecule has 1 fully saturated rings. The van der Waals surface area contributed by atoms with Crippen LogP contribution in [0.1, 0.15) is 36.0 Å². The van der Waals surface area contributed by atoms with Crippen molar-refractivity contribution in [3.8, 4) is 11.8 Å². The third-order valence-corrected chi connectivity index (χ3v) is 5.26. The van der Waals surface area contributed by atoms with Crippen molar-refractivity contribution in [2.24, 2.45) is 0 Å². The molecule has 3 aliphatic rings. The quantitative estimate of drug-likeness (QED) is 0.589. The Morgan fingerprint density at radius 2 is 1.96 bits per heavy atom. The minimum atomic E-state index is 0.0861. The molecule has 3 aromatic rings. The van der Waals surface area contributed by atoms with E-state index in [-0.39, 0.29) is 11.6 Å². The molecule has 1 saturated heterocycles. The molecule has 0 amide bonds. The van der Waals surface area contributed by atoms with Gasteiger partial charge in [-0.1, -0.05) is 12.0 Å². The lowest BCUT2D eigenvalue weighted by Crippen LogP contribution is -2.31. The Labute approximate surface area is 151 Å². The van der Waals surface area contributed by atoms with Crippen LogP contribution in [0, 0.1) is 11.8 Å². The normalized spacial score (nSPS) is 20.9. The molecule has 3 aliphatic heterocycles. The molecule has 5 heteroatoms. The van der Waals surface area contributed by atoms with Crippen LogP contribution in [0.2, 0.25) is 0 Å². The highest BCUT2D eigenvalue weighted by Crippen LogP contribution is 2.28. The van der Waals surface area contributed by atoms with Crippen LogP contribution in [0.4, 0.5) is 0 Å². The Balaban J connectivity index is 1.61. The van der Waals surface area contributed by atoms with Gasteiger partial charge in [-0.3, -0.25) is 14.3 Å². The fraction of sp³-hybridized carbons (Fsp3) is 0.286. The molecule has 0 saturated carbocycles. The highest BCUT2D eigenvalue weighted by atomic mass is 16.1. The molecule has 2 bridgehead atoms. The summed E-state index contributed by atoms with van der Waals surface area (Å²) in [6.45, 7) is 2.85. The third-order valence-electron chi connectivity index (χ3n) is 5.26. The van der Waals surface area contributed by atoms with Crippen molar-refractivity contribution in [2.75, 3.05) is 13.1 Å². The number of pyridine rings is 1. The van der Waals surface area contributed by atoms with E-state index in [2.05, 4.69) is 21.7 Å². The molecule has 1 aromatic carbocycles. The summed E-state index contributed by atoms with van der Waals surface area (Å²) in [6.07, 6.45) is 3.80. The monoisotopic (exact) mass is 342 g/mol. The van der Waals surface area contributed by atoms with E-state index >= 15 is 0 Å². The predicted octanol–water partition coefficient (Wildman–Crippen LogP) is 2.34. The SMILES string of the molecule is O=c1c2ccc(C#Cc3ccccn3)cc2nc2n1C1CCN(CC1)C2. The Kier molecular flexibility index (Phi) is 3.58. The second kappa shape index (κ2) is 6.08. The van der Waals surface area contributed by atoms with Crippen molar-refractivity contribution < 1.29 is 0 Å². The first kappa shape index (κ1) is 15.3. The van der Waals surface area contributed by atoms with Crippen LogP contribution in [0.25, 0.3) is 10.9 Å². The zero-order valence-electron chi connectivity index (χ0n) is 14.4. The summed E-state index contributed by atoms with van der Waals surface area (Å²) < 4.78 is 1.94. The molecule has 128 valence electrons. The van der Waals surface area contributed by atoms with Gasteiger partial charge in [0.15, 0.2) is 0 Å². The highest BCUT2D eigenvalue weighted by molar-refractivity contribution is 5.79. The Morgan fingerprint density at radius 1 is 1.08 bits per heavy atom. The van der Waals surface area contributed by atoms with Crippen molar-refractivity contribution in [3.05, 3.63) is 70.0 Å². The smallest absolute Gasteiger partial charge is 0.261 e. The first-order valence-corrected chi connectivity index (χ1v) is 8.98. The van der Waals surface area contributed by atoms with Gasteiger partial charge in [0.2, 0.25) is 0 Å². The summed E-state index contributed by atoms with van der Waals surface area (Å²) in [5.74, 6) is 7.07. The van der Waals surface area contributed by atoms with Gasteiger partial charge in [0.1, 0.15) is 11.5 Å². The van der Waals surface area contributed by atoms with Crippen LogP contribution < -0.4 is 5.56 Å². The maximum Gasteiger partial charge on any atom is 0.261 e. The lowest BCUT2D eigenvalue weighted by Gasteiger charge is -2.26. The molecule has 26 heavy (non-hydrogen) atoms. The van der Waals surface area contributed by atoms with Gasteiger partial charge in [-0.05, 0) is 49.1 Å². The molecule has 0 atom stereocenters. The molecule has 5 nitrogen and oxygen atoms in total. The van der Waals surface area contributed by atoms with Gasteiger partial charge >= 0.3 is 0 Å². The molecular weight excluding hydrogens is 324 g/mol. The van der Waals surface area contributed by atoms with Gasteiger partial charge in [0.05, 0.1) is 17.4 Å². The van der Waals surface area contributed by atoms with Crippen molar-refractivity contribution in [2.45, 2.75) is 25.4 Å². The van der Waals surface area contributed by atoms with Crippen molar-refractivity contribution in [1.82, 2.24) is 19.4 Å². The van der Waals surface area contributed by atoms with Gasteiger partial charge in [0.25, 0.3) is 5.56 Å². The maximum atomic E-state index is 13.1. The standard InChI is InChI=1S/C21H18N4O/c26-21-18-7-5-15(4-6-16-3-1-2-10-22-16)13-19(18)23-20-14-24-11-8-17(9-12-24)25(20)21/h1-3,5,7,10,13,17H,8-9,11-12,14H2. The van der Waals surface area contributed by atoms with Gasteiger partial charge in [-0.15, -0.1) is 0 Å². The van der Waals surface area contributed by atoms with Crippen LogP contribution in [0.5, 0.6) is 0 Å². The number of fused-ring (bicyclic) bond motifs is 3. The number of benzene rings is 1. The average molecular weight is 342 g/mol. The van der Waals surface area contributed by atoms with Crippen LogP contribution in [0.3, 0.4) is 0 Å². The van der Waals surface area contributed by atoms with E-state index in [1.807, 2.05) is 41.0 Å². The summed E-state index contributed by atoms with van der Waals surface area (Å²) in [6, 6.07) is 11.6. The second-order valence-electron chi connectivity index (χ2n) is 6.91. The molecule has 5 heterocycles. The Morgan fingerprint density at radius 3 is 2.77 bits per heavy atom. The van der Waals surface area contributed by atoms with E-state index in [0.29, 0.717) is 5.39 Å². The summed E-state index contributed by atoms with van der Waals surface area (Å²) in [4.78, 5) is 24.5. The first-order chi connectivity index (χ1) is 12.8. The van der Waals surface area contributed by atoms with Gasteiger partial charge < -0.3 is 0 Å². The maximum absolute atomic E-state index is 13.1. The Hall–Kier alpha value is -2.97. The fourth-order valence-corrected chi connectivity index (χ4v) is 3.92. The minimum Gasteiger partial charge on any atom is -0.296 e. The van der Waals surface area contributed by atoms with Crippen LogP contribution in [-0.2, 0) is 6.54 Å². The molecule has 0 spiro atoms. The fourth-order valence-electron chi connectivity index (χ4n) is 3.92. The lowest BCUT2D eigenvalue weighted by atomic mass is 10.1. The zero-order chi connectivity index (χ0) is 17.5. The summed E-state index contributed by atoms with van der Waals surface area (Å²) >= 11 is 0. The van der Waals surface area contributed by atoms with Crippen LogP contribution in [0.15, 0.2) is 47.4 Å². The van der Waals surface area contributed by atoms with E-state index in [0.717, 1.165) is 55.1 Å². The van der Waals surface area contributed by atoms with Crippen LogP contribution >= 0.6 is 0 Å². The largest absolute Gasteiger partial charge is 0.296 e. The molecule has 0 N–H and O–H groups in total. The van der Waals surface area contributed by atoms with Crippen molar-refractivity contribution in [3.63, 3.8) is 0 Å². The highest BCUT2D eigenvalue weighted by Gasteiger charge is 2.29. The first-order valence-electron chi connectivity index (χ1n) is 8.98. The summed E-state index contributed by atoms with van der Waals surface area (Å²) in [7, 11) is 0. The molecule has 0 unspecified atom stereocenters. The Bertz CT molecular complexity index is 1100. The second-order valence-corrected chi connectivity index (χ2v) is 6.91. The minimum absolute atomic E-state index is 0.0861. The molecular formula is C21H18N4O. The summed E-state index contributed by atoms with van der Waals surface area (Å²) in [5, 5.41) is 0.678. The molecule has 0 radical (unpaired) electrons. The molecule has 0 aliphatic carbocycles. The van der Waals surface area contributed by atoms with E-state index < -0.39 is 0 Å². The van der Waals surface area contributed by atoms with Crippen molar-refractivity contribution >= 4 is 10.9 Å². The number of aromatic nitrogens is 3. The topological polar surface area (TPSA) is 51.0 Å². The number of hydrogen-bond acceptors (Lipinski definition) is 4. The number of rotatable bonds is 0. The summed E-state index contributed by atoms with van der Waals surface area (Å²) in [5.41, 5.74) is 2.39. The van der Waals surface area contributed by atoms with Crippen molar-refractivity contribution in [1.29, 1.82) is 0 Å². The number of nitrogens with zero attached hydrogens (tertiary/aromatic N) is 4. The van der Waals surface area contributed by atoms with E-state index in [9.17, 15) is 4.79 Å². The predicted molar refractivity (Wildman–Crippen MR) is 99.8 cm³/mol. The number of hydrogen-bond donors (Lipinski definition) is 0. The lowest BCUT2D eigenvalue weighted by molar-refractivity contribution is 0.208. The van der Waals surface area contributed by atoms with Gasteiger partial charge in [0, 0.05) is 30.9 Å². The van der Waals surface area contributed by atoms with E-state index in [4.69, 9.17) is 4.98 Å². The molecule has 6 rings (SSSR count).